The molecule has 1 aliphatic heterocycles. The van der Waals surface area contributed by atoms with Crippen molar-refractivity contribution in [1.29, 1.82) is 5.26 Å². The van der Waals surface area contributed by atoms with Gasteiger partial charge in [0.2, 0.25) is 5.92 Å². The van der Waals surface area contributed by atoms with Gasteiger partial charge in [0.25, 0.3) is 0 Å². The third kappa shape index (κ3) is 4.19. The van der Waals surface area contributed by atoms with Crippen LogP contribution in [0.25, 0.3) is 10.9 Å². The summed E-state index contributed by atoms with van der Waals surface area (Å²) in [7, 11) is 1.83. The molecule has 34 heavy (non-hydrogen) atoms. The van der Waals surface area contributed by atoms with E-state index in [1.165, 1.54) is 6.20 Å². The van der Waals surface area contributed by atoms with Crippen molar-refractivity contribution in [1.82, 2.24) is 9.88 Å². The zero-order valence-corrected chi connectivity index (χ0v) is 19.6. The molecular formula is C24H24ClFN4O4. The Kier molecular flexibility index (Phi) is 6.73. The number of nitriles is 1. The average Bonchev–Trinajstić information content (AvgIpc) is 3.54. The van der Waals surface area contributed by atoms with E-state index in [4.69, 9.17) is 16.3 Å². The summed E-state index contributed by atoms with van der Waals surface area (Å²) in [5.74, 6) is -4.45. The molecule has 1 fully saturated rings. The normalized spacial score (nSPS) is 16.3. The van der Waals surface area contributed by atoms with Gasteiger partial charge in [0.15, 0.2) is 11.2 Å². The van der Waals surface area contributed by atoms with Gasteiger partial charge in [0, 0.05) is 31.9 Å². The molecule has 1 unspecified atom stereocenters. The van der Waals surface area contributed by atoms with Crippen molar-refractivity contribution in [2.45, 2.75) is 25.8 Å². The smallest absolute Gasteiger partial charge is 0.331 e. The maximum absolute atomic E-state index is 15.3. The first-order valence-corrected chi connectivity index (χ1v) is 11.4. The first-order valence-electron chi connectivity index (χ1n) is 11.1. The number of nitrogens with one attached hydrogen (secondary N) is 1. The highest BCUT2D eigenvalue weighted by Crippen LogP contribution is 2.42. The Morgan fingerprint density at radius 2 is 2.15 bits per heavy atom. The molecule has 1 aliphatic carbocycles. The topological polar surface area (TPSA) is 104 Å². The molecule has 2 aromatic rings. The van der Waals surface area contributed by atoms with Crippen LogP contribution in [0.4, 0.5) is 10.1 Å². The molecule has 1 aromatic carbocycles. The molecule has 1 saturated carbocycles. The van der Waals surface area contributed by atoms with Crippen molar-refractivity contribution in [3.05, 3.63) is 50.5 Å². The number of hydrogen-bond acceptors (Lipinski definition) is 7. The number of hydrogen-bond donors (Lipinski definition) is 1. The first kappa shape index (κ1) is 23.9. The number of nitrogens with zero attached hydrogens (tertiary/aromatic N) is 3. The number of esters is 1. The average molecular weight is 487 g/mol. The number of aromatic nitrogens is 1. The minimum atomic E-state index is -1.78. The predicted molar refractivity (Wildman–Crippen MR) is 126 cm³/mol. The molecule has 0 bridgehead atoms. The highest BCUT2D eigenvalue weighted by Gasteiger charge is 2.35. The number of pyridine rings is 1. The van der Waals surface area contributed by atoms with Crippen LogP contribution in [0.15, 0.2) is 28.7 Å². The molecule has 0 amide bonds. The number of halogens is 2. The van der Waals surface area contributed by atoms with Crippen LogP contribution < -0.4 is 15.6 Å². The lowest BCUT2D eigenvalue weighted by molar-refractivity contribution is -0.144. The highest BCUT2D eigenvalue weighted by molar-refractivity contribution is 6.38. The zero-order chi connectivity index (χ0) is 24.6. The number of rotatable bonds is 8. The summed E-state index contributed by atoms with van der Waals surface area (Å²) in [5, 5.41) is 12.5. The number of carbonyl (C=O) groups is 2. The lowest BCUT2D eigenvalue weighted by Gasteiger charge is -2.23. The second kappa shape index (κ2) is 9.57. The second-order valence-corrected chi connectivity index (χ2v) is 8.76. The Morgan fingerprint density at radius 3 is 2.76 bits per heavy atom. The number of anilines is 1. The van der Waals surface area contributed by atoms with Gasteiger partial charge in [-0.05, 0) is 38.5 Å². The molecule has 2 aliphatic rings. The van der Waals surface area contributed by atoms with E-state index in [9.17, 15) is 19.6 Å². The summed E-state index contributed by atoms with van der Waals surface area (Å²) in [6.07, 6.45) is 4.94. The molecule has 1 N–H and O–H groups in total. The summed E-state index contributed by atoms with van der Waals surface area (Å²) in [6.45, 7) is 3.18. The van der Waals surface area contributed by atoms with Gasteiger partial charge in [-0.15, -0.1) is 0 Å². The second-order valence-electron chi connectivity index (χ2n) is 8.38. The molecule has 8 nitrogen and oxygen atoms in total. The Balaban J connectivity index is 1.85. The molecule has 0 spiro atoms. The molecule has 1 atom stereocenters. The maximum atomic E-state index is 15.3. The van der Waals surface area contributed by atoms with Crippen molar-refractivity contribution in [2.24, 2.45) is 5.92 Å². The summed E-state index contributed by atoms with van der Waals surface area (Å²) in [4.78, 5) is 40.2. The Hall–Kier alpha value is -3.22. The third-order valence-corrected chi connectivity index (χ3v) is 6.38. The fourth-order valence-corrected chi connectivity index (χ4v) is 4.69. The van der Waals surface area contributed by atoms with Crippen LogP contribution in [0.2, 0.25) is 5.02 Å². The van der Waals surface area contributed by atoms with Gasteiger partial charge < -0.3 is 19.5 Å². The van der Waals surface area contributed by atoms with Crippen LogP contribution in [0, 0.1) is 23.1 Å². The minimum absolute atomic E-state index is 0.0146. The molecule has 2 heterocycles. The van der Waals surface area contributed by atoms with Gasteiger partial charge in [-0.2, -0.15) is 5.26 Å². The first-order chi connectivity index (χ1) is 16.3. The number of Topliss-reactive ketones (excluding diaryl/α,β-unsaturated/α-hetero) is 1. The quantitative estimate of drug-likeness (QED) is 0.265. The molecule has 0 radical (unpaired) electrons. The van der Waals surface area contributed by atoms with Crippen molar-refractivity contribution in [3.63, 3.8) is 0 Å². The third-order valence-electron chi connectivity index (χ3n) is 6.02. The number of carbonyl (C=O) groups excluding carboxylic acids is 2. The lowest BCUT2D eigenvalue weighted by Crippen LogP contribution is -2.30. The van der Waals surface area contributed by atoms with Crippen LogP contribution in [0.1, 0.15) is 36.2 Å². The summed E-state index contributed by atoms with van der Waals surface area (Å²) >= 11 is 6.72. The van der Waals surface area contributed by atoms with Crippen molar-refractivity contribution in [3.8, 4) is 6.07 Å². The van der Waals surface area contributed by atoms with Crippen LogP contribution in [0.5, 0.6) is 0 Å². The van der Waals surface area contributed by atoms with E-state index in [2.05, 4.69) is 5.32 Å². The van der Waals surface area contributed by atoms with E-state index < -0.39 is 28.9 Å². The van der Waals surface area contributed by atoms with Crippen molar-refractivity contribution in [2.75, 3.05) is 38.2 Å². The van der Waals surface area contributed by atoms with E-state index >= 15 is 4.39 Å². The van der Waals surface area contributed by atoms with Crippen LogP contribution >= 0.6 is 11.6 Å². The standard InChI is InChI=1S/C24H24ClFN4O4/c1-3-34-24(33)16(9-27)23(32)17-12-30(14-4-5-14)20-15(22(17)31)8-18(26)21(19(20)25)29-7-6-13(11-29)10-28-2/h6,8,12,14,16,28H,3-5,7,10-11H2,1-2H3. The van der Waals surface area contributed by atoms with Crippen molar-refractivity contribution >= 4 is 39.9 Å². The summed E-state index contributed by atoms with van der Waals surface area (Å²) in [5.41, 5.74) is 0.505. The Bertz CT molecular complexity index is 1310. The molecule has 10 heteroatoms. The zero-order valence-electron chi connectivity index (χ0n) is 18.9. The van der Waals surface area contributed by atoms with Crippen LogP contribution in [0.3, 0.4) is 0 Å². The van der Waals surface area contributed by atoms with Gasteiger partial charge in [-0.1, -0.05) is 17.7 Å². The highest BCUT2D eigenvalue weighted by atomic mass is 35.5. The van der Waals surface area contributed by atoms with E-state index in [1.807, 2.05) is 13.1 Å². The fourth-order valence-electron chi connectivity index (χ4n) is 4.28. The van der Waals surface area contributed by atoms with Gasteiger partial charge in [-0.25, -0.2) is 4.39 Å². The molecular weight excluding hydrogens is 463 g/mol. The number of fused-ring (bicyclic) bond motifs is 1. The summed E-state index contributed by atoms with van der Waals surface area (Å²) < 4.78 is 21.8. The monoisotopic (exact) mass is 486 g/mol. The minimum Gasteiger partial charge on any atom is -0.465 e. The molecule has 4 rings (SSSR count). The van der Waals surface area contributed by atoms with E-state index in [0.29, 0.717) is 25.2 Å². The summed E-state index contributed by atoms with van der Waals surface area (Å²) in [6, 6.07) is 2.69. The molecule has 0 saturated heterocycles. The molecule has 1 aromatic heterocycles. The van der Waals surface area contributed by atoms with Gasteiger partial charge in [-0.3, -0.25) is 14.4 Å². The number of likely N-dealkylation sites (N-methyl/N-ethyl adjacent to an activating group) is 1. The number of ether oxygens (including phenoxy) is 1. The Morgan fingerprint density at radius 1 is 1.41 bits per heavy atom. The van der Waals surface area contributed by atoms with E-state index in [0.717, 1.165) is 24.5 Å². The SMILES string of the molecule is CCOC(=O)C(C#N)C(=O)c1cn(C2CC2)c2c(Cl)c(N3CC=C(CNC)C3)c(F)cc2c1=O. The number of benzene rings is 1. The van der Waals surface area contributed by atoms with Gasteiger partial charge in [0.1, 0.15) is 5.82 Å². The fraction of sp³-hybridized carbons (Fsp3) is 0.417. The Labute approximate surface area is 200 Å². The lowest BCUT2D eigenvalue weighted by atomic mass is 9.98. The van der Waals surface area contributed by atoms with Crippen molar-refractivity contribution < 1.29 is 18.7 Å². The predicted octanol–water partition coefficient (Wildman–Crippen LogP) is 2.98. The number of ketones is 1. The van der Waals surface area contributed by atoms with E-state index in [-0.39, 0.29) is 34.3 Å². The van der Waals surface area contributed by atoms with Gasteiger partial charge in [0.05, 0.1) is 39.9 Å². The van der Waals surface area contributed by atoms with Crippen LogP contribution in [-0.2, 0) is 9.53 Å². The largest absolute Gasteiger partial charge is 0.465 e. The molecule has 178 valence electrons. The van der Waals surface area contributed by atoms with E-state index in [1.54, 1.807) is 22.5 Å². The maximum Gasteiger partial charge on any atom is 0.331 e. The van der Waals surface area contributed by atoms with Gasteiger partial charge >= 0.3 is 5.97 Å². The van der Waals surface area contributed by atoms with Crippen LogP contribution in [-0.4, -0.2) is 49.6 Å².